The lowest BCUT2D eigenvalue weighted by molar-refractivity contribution is -0.384. The Morgan fingerprint density at radius 3 is 2.57 bits per heavy atom. The van der Waals surface area contributed by atoms with Crippen LogP contribution in [0.25, 0.3) is 23.0 Å². The van der Waals surface area contributed by atoms with Crippen molar-refractivity contribution in [1.82, 2.24) is 14.3 Å². The van der Waals surface area contributed by atoms with E-state index < -0.39 is 16.9 Å². The number of benzene rings is 3. The molecule has 0 radical (unpaired) electrons. The van der Waals surface area contributed by atoms with E-state index in [2.05, 4.69) is 11.6 Å². The fraction of sp³-hybridized carbons (Fsp3) is 0.118. The molecule has 3 aromatic carbocycles. The number of hydrogen-bond donors (Lipinski definition) is 0. The summed E-state index contributed by atoms with van der Waals surface area (Å²) in [5.74, 6) is 0.0186. The number of fused-ring (bicyclic) bond motifs is 1. The van der Waals surface area contributed by atoms with Crippen LogP contribution in [0.1, 0.15) is 24.1 Å². The van der Waals surface area contributed by atoms with Gasteiger partial charge in [-0.2, -0.15) is 5.10 Å². The highest BCUT2D eigenvalue weighted by molar-refractivity contribution is 7.07. The van der Waals surface area contributed by atoms with E-state index in [-0.39, 0.29) is 23.4 Å². The zero-order valence-electron chi connectivity index (χ0n) is 24.8. The average Bonchev–Trinajstić information content (AvgIpc) is 3.64. The molecule has 46 heavy (non-hydrogen) atoms. The smallest absolute Gasteiger partial charge is 0.338 e. The number of non-ortho nitro benzene ring substituents is 1. The zero-order valence-corrected chi connectivity index (χ0v) is 25.6. The Labute approximate surface area is 266 Å². The van der Waals surface area contributed by atoms with E-state index in [4.69, 9.17) is 14.6 Å². The second-order valence-electron chi connectivity index (χ2n) is 10.3. The standard InChI is InChI=1S/C34H27N5O6S/c1-4-17-45-33(41)29-21(2)35-34-38(31(29)22-13-15-27(44-3)16-14-22)32(40)28(46-34)19-24-20-37(25-10-6-5-7-11-25)36-30(24)23-9-8-12-26(18-23)39(42)43/h4-16,18-20,31H,1,17H2,2-3H3/b28-19+. The number of carbonyl (C=O) groups excluding carboxylic acids is 1. The Morgan fingerprint density at radius 2 is 1.87 bits per heavy atom. The van der Waals surface area contributed by atoms with Crippen molar-refractivity contribution in [2.24, 2.45) is 4.99 Å². The zero-order chi connectivity index (χ0) is 32.4. The number of allylic oxidation sites excluding steroid dienone is 1. The summed E-state index contributed by atoms with van der Waals surface area (Å²) in [4.78, 5) is 43.7. The Kier molecular flexibility index (Phi) is 8.27. The molecule has 0 amide bonds. The number of nitrogens with zero attached hydrogens (tertiary/aromatic N) is 5. The molecule has 0 N–H and O–H groups in total. The maximum Gasteiger partial charge on any atom is 0.338 e. The molecule has 2 aromatic heterocycles. The largest absolute Gasteiger partial charge is 0.497 e. The molecule has 11 nitrogen and oxygen atoms in total. The second kappa shape index (κ2) is 12.6. The van der Waals surface area contributed by atoms with E-state index in [1.807, 2.05) is 30.3 Å². The van der Waals surface area contributed by atoms with Crippen LogP contribution >= 0.6 is 11.3 Å². The van der Waals surface area contributed by atoms with E-state index in [9.17, 15) is 19.7 Å². The Bertz CT molecular complexity index is 2200. The number of carbonyl (C=O) groups is 1. The van der Waals surface area contributed by atoms with E-state index in [0.717, 1.165) is 5.69 Å². The molecule has 3 heterocycles. The van der Waals surface area contributed by atoms with Crippen molar-refractivity contribution in [3.8, 4) is 22.7 Å². The molecule has 12 heteroatoms. The molecule has 0 spiro atoms. The molecular weight excluding hydrogens is 606 g/mol. The van der Waals surface area contributed by atoms with Gasteiger partial charge in [0.2, 0.25) is 0 Å². The normalized spacial score (nSPS) is 14.4. The van der Waals surface area contributed by atoms with Crippen molar-refractivity contribution in [3.05, 3.63) is 150 Å². The minimum atomic E-state index is -0.815. The van der Waals surface area contributed by atoms with E-state index in [1.54, 1.807) is 67.4 Å². The van der Waals surface area contributed by atoms with E-state index in [0.29, 0.717) is 43.2 Å². The lowest BCUT2D eigenvalue weighted by atomic mass is 9.96. The molecule has 5 aromatic rings. The molecule has 0 saturated carbocycles. The monoisotopic (exact) mass is 633 g/mol. The summed E-state index contributed by atoms with van der Waals surface area (Å²) in [6.45, 7) is 5.33. The van der Waals surface area contributed by atoms with Gasteiger partial charge >= 0.3 is 5.97 Å². The molecule has 0 bridgehead atoms. The molecule has 1 aliphatic heterocycles. The number of hydrogen-bond acceptors (Lipinski definition) is 9. The van der Waals surface area contributed by atoms with Crippen LogP contribution in [-0.2, 0) is 9.53 Å². The number of esters is 1. The predicted molar refractivity (Wildman–Crippen MR) is 174 cm³/mol. The van der Waals surface area contributed by atoms with E-state index >= 15 is 0 Å². The molecule has 1 aliphatic rings. The molecule has 6 rings (SSSR count). The van der Waals surface area contributed by atoms with Crippen molar-refractivity contribution >= 4 is 29.1 Å². The van der Waals surface area contributed by atoms with Gasteiger partial charge in [-0.25, -0.2) is 14.5 Å². The predicted octanol–water partition coefficient (Wildman–Crippen LogP) is 4.73. The van der Waals surface area contributed by atoms with E-state index in [1.165, 1.54) is 34.1 Å². The van der Waals surface area contributed by atoms with Gasteiger partial charge in [-0.05, 0) is 42.8 Å². The number of rotatable bonds is 9. The maximum absolute atomic E-state index is 14.2. The van der Waals surface area contributed by atoms with Crippen LogP contribution in [0.4, 0.5) is 5.69 Å². The van der Waals surface area contributed by atoms with Gasteiger partial charge in [0, 0.05) is 29.5 Å². The number of ether oxygens (including phenoxy) is 2. The first-order valence-electron chi connectivity index (χ1n) is 14.1. The number of nitro groups is 1. The molecule has 0 aliphatic carbocycles. The third-order valence-electron chi connectivity index (χ3n) is 7.39. The Morgan fingerprint density at radius 1 is 1.11 bits per heavy atom. The quantitative estimate of drug-likeness (QED) is 0.0993. The number of thiazole rings is 1. The third-order valence-corrected chi connectivity index (χ3v) is 8.37. The number of para-hydroxylation sites is 1. The van der Waals surface area contributed by atoms with Crippen LogP contribution < -0.4 is 19.6 Å². The minimum absolute atomic E-state index is 0.00119. The van der Waals surface area contributed by atoms with Crippen molar-refractivity contribution in [1.29, 1.82) is 0 Å². The van der Waals surface area contributed by atoms with Gasteiger partial charge in [-0.15, -0.1) is 0 Å². The van der Waals surface area contributed by atoms with Gasteiger partial charge in [-0.3, -0.25) is 19.5 Å². The van der Waals surface area contributed by atoms with Crippen LogP contribution in [0.15, 0.2) is 119 Å². The van der Waals surface area contributed by atoms with Gasteiger partial charge < -0.3 is 9.47 Å². The van der Waals surface area contributed by atoms with Crippen LogP contribution in [-0.4, -0.2) is 39.0 Å². The second-order valence-corrected chi connectivity index (χ2v) is 11.3. The summed E-state index contributed by atoms with van der Waals surface area (Å²) in [5, 5.41) is 16.3. The highest BCUT2D eigenvalue weighted by Gasteiger charge is 2.33. The summed E-state index contributed by atoms with van der Waals surface area (Å²) in [7, 11) is 1.56. The summed E-state index contributed by atoms with van der Waals surface area (Å²) < 4.78 is 14.2. The topological polar surface area (TPSA) is 131 Å². The first-order chi connectivity index (χ1) is 22.3. The number of aromatic nitrogens is 3. The van der Waals surface area contributed by atoms with Crippen LogP contribution in [0.3, 0.4) is 0 Å². The van der Waals surface area contributed by atoms with Gasteiger partial charge in [0.1, 0.15) is 18.1 Å². The average molecular weight is 634 g/mol. The van der Waals surface area contributed by atoms with Crippen LogP contribution in [0, 0.1) is 10.1 Å². The molecule has 1 atom stereocenters. The number of methoxy groups -OCH3 is 1. The minimum Gasteiger partial charge on any atom is -0.497 e. The van der Waals surface area contributed by atoms with Crippen molar-refractivity contribution in [2.45, 2.75) is 13.0 Å². The number of nitro benzene ring substituents is 1. The van der Waals surface area contributed by atoms with Crippen molar-refractivity contribution in [2.75, 3.05) is 13.7 Å². The van der Waals surface area contributed by atoms with Crippen LogP contribution in [0.5, 0.6) is 5.75 Å². The summed E-state index contributed by atoms with van der Waals surface area (Å²) in [6, 6.07) is 21.9. The van der Waals surface area contributed by atoms with Gasteiger partial charge in [0.05, 0.1) is 39.6 Å². The van der Waals surface area contributed by atoms with Gasteiger partial charge in [0.15, 0.2) is 4.80 Å². The van der Waals surface area contributed by atoms with Gasteiger partial charge in [0.25, 0.3) is 11.2 Å². The third kappa shape index (κ3) is 5.69. The molecular formula is C34H27N5O6S. The lowest BCUT2D eigenvalue weighted by Crippen LogP contribution is -2.39. The highest BCUT2D eigenvalue weighted by Crippen LogP contribution is 2.32. The van der Waals surface area contributed by atoms with Crippen molar-refractivity contribution < 1.29 is 19.2 Å². The molecule has 0 saturated heterocycles. The van der Waals surface area contributed by atoms with Gasteiger partial charge in [-0.1, -0.05) is 66.5 Å². The lowest BCUT2D eigenvalue weighted by Gasteiger charge is -2.24. The first-order valence-corrected chi connectivity index (χ1v) is 14.9. The SMILES string of the molecule is C=CCOC(=O)C1=C(C)N=c2s/c(=C/c3cn(-c4ccccc4)nc3-c3cccc([N+](=O)[O-])c3)c(=O)n2C1c1ccc(OC)cc1. The summed E-state index contributed by atoms with van der Waals surface area (Å²) in [6.07, 6.45) is 4.94. The molecule has 0 fully saturated rings. The molecule has 230 valence electrons. The Hall–Kier alpha value is -5.88. The maximum atomic E-state index is 14.2. The fourth-order valence-corrected chi connectivity index (χ4v) is 6.27. The fourth-order valence-electron chi connectivity index (χ4n) is 5.23. The molecule has 1 unspecified atom stereocenters. The van der Waals surface area contributed by atoms with Crippen LogP contribution in [0.2, 0.25) is 0 Å². The van der Waals surface area contributed by atoms with Crippen molar-refractivity contribution in [3.63, 3.8) is 0 Å². The first kappa shape index (κ1) is 30.2. The highest BCUT2D eigenvalue weighted by atomic mass is 32.1. The Balaban J connectivity index is 1.55. The summed E-state index contributed by atoms with van der Waals surface area (Å²) in [5.41, 5.74) is 3.19. The summed E-state index contributed by atoms with van der Waals surface area (Å²) >= 11 is 1.17.